The summed E-state index contributed by atoms with van der Waals surface area (Å²) in [5.74, 6) is 1.47. The number of aliphatic hydroxyl groups excluding tert-OH is 1. The van der Waals surface area contributed by atoms with E-state index in [4.69, 9.17) is 23.7 Å². The molecule has 7 heteroatoms. The number of carbonyl (C=O) groups excluding carboxylic acids is 1. The molecule has 0 bridgehead atoms. The van der Waals surface area contributed by atoms with Gasteiger partial charge in [-0.05, 0) is 93.5 Å². The lowest BCUT2D eigenvalue weighted by atomic mass is 9.44. The van der Waals surface area contributed by atoms with Crippen LogP contribution in [0.5, 0.6) is 0 Å². The lowest BCUT2D eigenvalue weighted by Crippen LogP contribution is -2.59. The lowest BCUT2D eigenvalue weighted by Gasteiger charge is -2.58. The highest BCUT2D eigenvalue weighted by Crippen LogP contribution is 2.81. The van der Waals surface area contributed by atoms with E-state index < -0.39 is 6.10 Å². The number of methoxy groups -OCH3 is 1. The van der Waals surface area contributed by atoms with Gasteiger partial charge in [0.1, 0.15) is 23.9 Å². The van der Waals surface area contributed by atoms with Crippen LogP contribution >= 0.6 is 0 Å². The molecule has 0 aromatic heterocycles. The molecule has 0 amide bonds. The second-order valence-corrected chi connectivity index (χ2v) is 13.8. The van der Waals surface area contributed by atoms with Gasteiger partial charge in [0.25, 0.3) is 0 Å². The van der Waals surface area contributed by atoms with E-state index in [0.29, 0.717) is 30.8 Å². The summed E-state index contributed by atoms with van der Waals surface area (Å²) in [4.78, 5) is 11.8. The minimum absolute atomic E-state index is 0.0153. The molecule has 2 spiro atoms. The van der Waals surface area contributed by atoms with Crippen LogP contribution in [0.3, 0.4) is 0 Å². The number of rotatable bonds is 4. The Balaban J connectivity index is 1.06. The van der Waals surface area contributed by atoms with Gasteiger partial charge in [0, 0.05) is 25.0 Å². The van der Waals surface area contributed by atoms with E-state index in [9.17, 15) is 9.90 Å². The monoisotopic (exact) mass is 516 g/mol. The molecule has 7 aliphatic rings. The first kappa shape index (κ1) is 25.0. The second-order valence-electron chi connectivity index (χ2n) is 13.8. The summed E-state index contributed by atoms with van der Waals surface area (Å²) in [6.45, 7) is 7.37. The third kappa shape index (κ3) is 3.27. The molecule has 0 radical (unpaired) electrons. The summed E-state index contributed by atoms with van der Waals surface area (Å²) in [7, 11) is 1.65. The Kier molecular flexibility index (Phi) is 5.58. The Hall–Kier alpha value is -0.990. The van der Waals surface area contributed by atoms with Crippen molar-refractivity contribution in [3.63, 3.8) is 0 Å². The average Bonchev–Trinajstić information content (AvgIpc) is 3.18. The molecule has 1 N–H and O–H groups in total. The number of fused-ring (bicyclic) bond motifs is 2. The van der Waals surface area contributed by atoms with Gasteiger partial charge >= 0.3 is 5.97 Å². The van der Waals surface area contributed by atoms with Crippen molar-refractivity contribution in [1.29, 1.82) is 0 Å². The molecule has 4 aliphatic carbocycles. The first-order valence-electron chi connectivity index (χ1n) is 14.7. The van der Waals surface area contributed by atoms with E-state index in [-0.39, 0.29) is 52.6 Å². The molecular weight excluding hydrogens is 472 g/mol. The number of aliphatic hydroxyl groups is 1. The summed E-state index contributed by atoms with van der Waals surface area (Å²) in [6.07, 6.45) is 11.4. The van der Waals surface area contributed by atoms with Crippen LogP contribution in [0.4, 0.5) is 0 Å². The fourth-order valence-corrected chi connectivity index (χ4v) is 10.6. The molecule has 2 saturated heterocycles. The van der Waals surface area contributed by atoms with Crippen LogP contribution in [0.15, 0.2) is 11.6 Å². The summed E-state index contributed by atoms with van der Waals surface area (Å²) >= 11 is 0. The van der Waals surface area contributed by atoms with Gasteiger partial charge in [0.2, 0.25) is 0 Å². The lowest BCUT2D eigenvalue weighted by molar-refractivity contribution is -0.271. The molecule has 3 aliphatic heterocycles. The number of hydrogen-bond donors (Lipinski definition) is 1. The van der Waals surface area contributed by atoms with E-state index in [1.54, 1.807) is 13.2 Å². The number of epoxide rings is 1. The molecule has 7 nitrogen and oxygen atoms in total. The Morgan fingerprint density at radius 2 is 1.89 bits per heavy atom. The van der Waals surface area contributed by atoms with Crippen LogP contribution in [-0.2, 0) is 28.5 Å². The first-order chi connectivity index (χ1) is 17.7. The third-order valence-corrected chi connectivity index (χ3v) is 12.6. The van der Waals surface area contributed by atoms with Crippen molar-refractivity contribution in [2.24, 2.45) is 28.6 Å². The molecule has 0 unspecified atom stereocenters. The topological polar surface area (TPSA) is 86.8 Å². The van der Waals surface area contributed by atoms with Gasteiger partial charge < -0.3 is 28.8 Å². The van der Waals surface area contributed by atoms with Crippen LogP contribution in [0.25, 0.3) is 0 Å². The standard InChI is InChI=1S/C30H44O7/c1-17-26(32)22(33-4)15-25(35-17)36-20-6-9-27(2)19(14-20)5-11-29-23(27)8-10-28(3)21(7-12-30(28,29)37-29)18-13-24(31)34-16-18/h13,17,19-23,25-26,32H,5-12,14-16H2,1-4H3/t17-,19+,20+,21+,22-,23-,25+,26-,27+,28+,29-,30+/m1/s1. The zero-order valence-electron chi connectivity index (χ0n) is 22.9. The summed E-state index contributed by atoms with van der Waals surface area (Å²) in [5.41, 5.74) is 1.57. The second kappa shape index (κ2) is 8.26. The van der Waals surface area contributed by atoms with Gasteiger partial charge in [-0.1, -0.05) is 13.8 Å². The zero-order valence-corrected chi connectivity index (χ0v) is 22.9. The Labute approximate surface area is 220 Å². The van der Waals surface area contributed by atoms with Crippen molar-refractivity contribution >= 4 is 5.97 Å². The van der Waals surface area contributed by atoms with Crippen molar-refractivity contribution in [3.05, 3.63) is 11.6 Å². The molecule has 12 atom stereocenters. The highest BCUT2D eigenvalue weighted by molar-refractivity contribution is 5.85. The molecule has 0 aromatic carbocycles. The molecule has 7 rings (SSSR count). The van der Waals surface area contributed by atoms with Gasteiger partial charge in [-0.15, -0.1) is 0 Å². The maximum absolute atomic E-state index is 11.8. The van der Waals surface area contributed by atoms with E-state index in [1.807, 2.05) is 6.92 Å². The fraction of sp³-hybridized carbons (Fsp3) is 0.900. The maximum atomic E-state index is 11.8. The largest absolute Gasteiger partial charge is 0.458 e. The summed E-state index contributed by atoms with van der Waals surface area (Å²) in [6, 6.07) is 0. The molecule has 3 heterocycles. The van der Waals surface area contributed by atoms with Crippen LogP contribution in [0.2, 0.25) is 0 Å². The van der Waals surface area contributed by atoms with E-state index in [1.165, 1.54) is 31.3 Å². The van der Waals surface area contributed by atoms with Gasteiger partial charge in [-0.25, -0.2) is 4.79 Å². The van der Waals surface area contributed by atoms with Gasteiger partial charge in [-0.2, -0.15) is 0 Å². The average molecular weight is 517 g/mol. The molecule has 206 valence electrons. The smallest absolute Gasteiger partial charge is 0.331 e. The highest BCUT2D eigenvalue weighted by Gasteiger charge is 2.86. The molecular formula is C30H44O7. The normalized spacial score (nSPS) is 56.5. The summed E-state index contributed by atoms with van der Waals surface area (Å²) in [5, 5.41) is 10.3. The fourth-order valence-electron chi connectivity index (χ4n) is 10.6. The van der Waals surface area contributed by atoms with Crippen LogP contribution in [0, 0.1) is 28.6 Å². The van der Waals surface area contributed by atoms with E-state index in [0.717, 1.165) is 32.1 Å². The molecule has 0 aromatic rings. The maximum Gasteiger partial charge on any atom is 0.331 e. The van der Waals surface area contributed by atoms with E-state index in [2.05, 4.69) is 13.8 Å². The van der Waals surface area contributed by atoms with Crippen molar-refractivity contribution in [2.75, 3.05) is 13.7 Å². The number of esters is 1. The molecule has 6 fully saturated rings. The van der Waals surface area contributed by atoms with Crippen LogP contribution < -0.4 is 0 Å². The SMILES string of the molecule is CO[C@@H]1C[C@H](O[C@H]2CC[C@@]3(C)[C@@H](CC[C@]45O[C@]46CC[C@@H](C4=CC(=O)OC4)[C@]6(C)CC[C@H]35)C2)O[C@H](C)[C@H]1O. The van der Waals surface area contributed by atoms with Crippen LogP contribution in [0.1, 0.15) is 85.0 Å². The Bertz CT molecular complexity index is 996. The molecule has 37 heavy (non-hydrogen) atoms. The predicted octanol–water partition coefficient (Wildman–Crippen LogP) is 4.30. The Morgan fingerprint density at radius 3 is 2.65 bits per heavy atom. The highest BCUT2D eigenvalue weighted by atomic mass is 16.7. The minimum atomic E-state index is -0.606. The van der Waals surface area contributed by atoms with Gasteiger partial charge in [0.05, 0.1) is 18.3 Å². The number of carbonyl (C=O) groups is 1. The number of hydrogen-bond acceptors (Lipinski definition) is 7. The van der Waals surface area contributed by atoms with Gasteiger partial charge in [-0.3, -0.25) is 0 Å². The zero-order chi connectivity index (χ0) is 25.8. The van der Waals surface area contributed by atoms with Crippen molar-refractivity contribution < 1.29 is 33.6 Å². The van der Waals surface area contributed by atoms with Crippen molar-refractivity contribution in [2.45, 2.75) is 127 Å². The summed E-state index contributed by atoms with van der Waals surface area (Å²) < 4.78 is 30.4. The van der Waals surface area contributed by atoms with E-state index >= 15 is 0 Å². The van der Waals surface area contributed by atoms with Gasteiger partial charge in [0.15, 0.2) is 6.29 Å². The number of cyclic esters (lactones) is 1. The minimum Gasteiger partial charge on any atom is -0.458 e. The van der Waals surface area contributed by atoms with Crippen molar-refractivity contribution in [3.8, 4) is 0 Å². The quantitative estimate of drug-likeness (QED) is 0.339. The third-order valence-electron chi connectivity index (χ3n) is 12.6. The molecule has 4 saturated carbocycles. The van der Waals surface area contributed by atoms with Crippen LogP contribution in [-0.4, -0.2) is 66.7 Å². The number of ether oxygens (including phenoxy) is 5. The van der Waals surface area contributed by atoms with Crippen molar-refractivity contribution in [1.82, 2.24) is 0 Å². The Morgan fingerprint density at radius 1 is 1.05 bits per heavy atom. The predicted molar refractivity (Wildman–Crippen MR) is 134 cm³/mol. The first-order valence-corrected chi connectivity index (χ1v) is 14.7.